The second kappa shape index (κ2) is 3.53. The molecule has 0 bridgehead atoms. The van der Waals surface area contributed by atoms with E-state index in [1.165, 1.54) is 4.90 Å². The first-order valence-corrected chi connectivity index (χ1v) is 6.28. The Kier molecular flexibility index (Phi) is 2.32. The lowest BCUT2D eigenvalue weighted by Crippen LogP contribution is -2.70. The van der Waals surface area contributed by atoms with E-state index >= 15 is 0 Å². The van der Waals surface area contributed by atoms with E-state index in [0.717, 1.165) is 6.42 Å². The third kappa shape index (κ3) is 1.27. The number of nitrogens with zero attached hydrogens (tertiary/aromatic N) is 1. The molecule has 2 saturated heterocycles. The van der Waals surface area contributed by atoms with Crippen LogP contribution in [0.1, 0.15) is 20.3 Å². The van der Waals surface area contributed by atoms with Crippen LogP contribution in [-0.2, 0) is 14.3 Å². The fourth-order valence-electron chi connectivity index (χ4n) is 3.31. The zero-order valence-electron chi connectivity index (χ0n) is 10.1. The first kappa shape index (κ1) is 11.2. The quantitative estimate of drug-likeness (QED) is 0.639. The number of imide groups is 1. The highest BCUT2D eigenvalue weighted by atomic mass is 16.5. The van der Waals surface area contributed by atoms with Crippen LogP contribution in [-0.4, -0.2) is 41.5 Å². The van der Waals surface area contributed by atoms with E-state index in [9.17, 15) is 9.59 Å². The van der Waals surface area contributed by atoms with E-state index in [4.69, 9.17) is 10.5 Å². The Hall–Kier alpha value is -0.940. The molecule has 2 amide bonds. The summed E-state index contributed by atoms with van der Waals surface area (Å²) < 4.78 is 5.59. The van der Waals surface area contributed by atoms with Gasteiger partial charge in [0.05, 0.1) is 12.1 Å². The first-order chi connectivity index (χ1) is 8.04. The van der Waals surface area contributed by atoms with Crippen LogP contribution in [0.5, 0.6) is 0 Å². The number of rotatable bonds is 1. The summed E-state index contributed by atoms with van der Waals surface area (Å²) in [4.78, 5) is 25.6. The van der Waals surface area contributed by atoms with Crippen LogP contribution >= 0.6 is 0 Å². The molecule has 1 saturated carbocycles. The standard InChI is InChI=1S/C12H18N2O3/c1-5-6(2)12(16)14(11(5)15)9-8(13)7-3-4-17-10(7)9/h5-10H,3-4,13H2,1-2H3. The molecule has 2 heterocycles. The minimum Gasteiger partial charge on any atom is -0.376 e. The molecule has 94 valence electrons. The fraction of sp³-hybridized carbons (Fsp3) is 0.833. The summed E-state index contributed by atoms with van der Waals surface area (Å²) >= 11 is 0. The van der Waals surface area contributed by atoms with Crippen LogP contribution in [0.2, 0.25) is 0 Å². The maximum atomic E-state index is 12.1. The number of likely N-dealkylation sites (tertiary alicyclic amines) is 1. The van der Waals surface area contributed by atoms with Crippen LogP contribution < -0.4 is 5.73 Å². The Bertz CT molecular complexity index is 364. The molecule has 0 aromatic heterocycles. The molecular formula is C12H18N2O3. The zero-order chi connectivity index (χ0) is 12.3. The van der Waals surface area contributed by atoms with Gasteiger partial charge in [-0.15, -0.1) is 0 Å². The van der Waals surface area contributed by atoms with Crippen molar-refractivity contribution >= 4 is 11.8 Å². The third-order valence-corrected chi connectivity index (χ3v) is 4.71. The number of carbonyl (C=O) groups excluding carboxylic acids is 2. The van der Waals surface area contributed by atoms with Crippen molar-refractivity contribution in [2.75, 3.05) is 6.61 Å². The lowest BCUT2D eigenvalue weighted by molar-refractivity contribution is -0.154. The number of carbonyl (C=O) groups is 2. The van der Waals surface area contributed by atoms with Crippen LogP contribution in [0.15, 0.2) is 0 Å². The number of hydrogen-bond acceptors (Lipinski definition) is 4. The van der Waals surface area contributed by atoms with Crippen LogP contribution in [0, 0.1) is 17.8 Å². The number of hydrogen-bond donors (Lipinski definition) is 1. The molecule has 2 N–H and O–H groups in total. The molecule has 6 unspecified atom stereocenters. The highest BCUT2D eigenvalue weighted by Gasteiger charge is 2.60. The summed E-state index contributed by atoms with van der Waals surface area (Å²) in [6, 6.07) is -0.331. The maximum Gasteiger partial charge on any atom is 0.233 e. The van der Waals surface area contributed by atoms with Crippen LogP contribution in [0.25, 0.3) is 0 Å². The largest absolute Gasteiger partial charge is 0.376 e. The molecule has 1 aliphatic carbocycles. The molecule has 0 aromatic carbocycles. The van der Waals surface area contributed by atoms with Gasteiger partial charge < -0.3 is 10.5 Å². The van der Waals surface area contributed by atoms with Gasteiger partial charge in [0.25, 0.3) is 0 Å². The van der Waals surface area contributed by atoms with Crippen molar-refractivity contribution in [1.82, 2.24) is 4.90 Å². The Morgan fingerprint density at radius 3 is 2.41 bits per heavy atom. The SMILES string of the molecule is CC1C(=O)N(C2C(N)C3CCOC32)C(=O)C1C. The van der Waals surface area contributed by atoms with Gasteiger partial charge >= 0.3 is 0 Å². The molecule has 0 aromatic rings. The molecule has 17 heavy (non-hydrogen) atoms. The summed E-state index contributed by atoms with van der Waals surface area (Å²) in [7, 11) is 0. The van der Waals surface area contributed by atoms with E-state index in [1.54, 1.807) is 0 Å². The van der Waals surface area contributed by atoms with Crippen molar-refractivity contribution in [3.63, 3.8) is 0 Å². The van der Waals surface area contributed by atoms with Crippen molar-refractivity contribution in [2.24, 2.45) is 23.5 Å². The average Bonchev–Trinajstić information content (AvgIpc) is 2.82. The van der Waals surface area contributed by atoms with Crippen LogP contribution in [0.3, 0.4) is 0 Å². The number of ether oxygens (including phenoxy) is 1. The average molecular weight is 238 g/mol. The monoisotopic (exact) mass is 238 g/mol. The maximum absolute atomic E-state index is 12.1. The van der Waals surface area contributed by atoms with Gasteiger partial charge in [0, 0.05) is 30.4 Å². The molecule has 3 fully saturated rings. The topological polar surface area (TPSA) is 72.6 Å². The minimum atomic E-state index is -0.227. The Balaban J connectivity index is 1.85. The second-order valence-corrected chi connectivity index (χ2v) is 5.48. The van der Waals surface area contributed by atoms with Gasteiger partial charge in [-0.25, -0.2) is 0 Å². The third-order valence-electron chi connectivity index (χ3n) is 4.71. The minimum absolute atomic E-state index is 0.0181. The fourth-order valence-corrected chi connectivity index (χ4v) is 3.31. The van der Waals surface area contributed by atoms with Crippen molar-refractivity contribution in [2.45, 2.75) is 38.5 Å². The smallest absolute Gasteiger partial charge is 0.233 e. The second-order valence-electron chi connectivity index (χ2n) is 5.48. The van der Waals surface area contributed by atoms with Crippen molar-refractivity contribution in [3.8, 4) is 0 Å². The van der Waals surface area contributed by atoms with Crippen molar-refractivity contribution in [1.29, 1.82) is 0 Å². The van der Waals surface area contributed by atoms with E-state index in [1.807, 2.05) is 13.8 Å². The lowest BCUT2D eigenvalue weighted by atomic mass is 9.71. The van der Waals surface area contributed by atoms with Gasteiger partial charge in [0.1, 0.15) is 0 Å². The molecule has 0 radical (unpaired) electrons. The molecule has 6 atom stereocenters. The van der Waals surface area contributed by atoms with E-state index < -0.39 is 0 Å². The molecule has 3 rings (SSSR count). The Morgan fingerprint density at radius 2 is 1.82 bits per heavy atom. The number of amides is 2. The Labute approximate surface area is 100 Å². The highest BCUT2D eigenvalue weighted by molar-refractivity contribution is 6.05. The zero-order valence-corrected chi connectivity index (χ0v) is 10.1. The first-order valence-electron chi connectivity index (χ1n) is 6.28. The number of fused-ring (bicyclic) bond motifs is 1. The van der Waals surface area contributed by atoms with Crippen molar-refractivity contribution in [3.05, 3.63) is 0 Å². The van der Waals surface area contributed by atoms with Crippen LogP contribution in [0.4, 0.5) is 0 Å². The van der Waals surface area contributed by atoms with E-state index in [0.29, 0.717) is 12.5 Å². The molecule has 2 aliphatic heterocycles. The summed E-state index contributed by atoms with van der Waals surface area (Å²) in [5.41, 5.74) is 6.08. The predicted molar refractivity (Wildman–Crippen MR) is 59.8 cm³/mol. The lowest BCUT2D eigenvalue weighted by Gasteiger charge is -2.48. The molecule has 5 nitrogen and oxygen atoms in total. The Morgan fingerprint density at radius 1 is 1.24 bits per heavy atom. The summed E-state index contributed by atoms with van der Waals surface area (Å²) in [6.07, 6.45) is 0.930. The molecule has 0 spiro atoms. The predicted octanol–water partition coefficient (Wildman–Crippen LogP) is -0.258. The van der Waals surface area contributed by atoms with Gasteiger partial charge in [-0.2, -0.15) is 0 Å². The summed E-state index contributed by atoms with van der Waals surface area (Å²) in [5, 5.41) is 0. The van der Waals surface area contributed by atoms with Gasteiger partial charge in [0.15, 0.2) is 0 Å². The molecule has 3 aliphatic rings. The summed E-state index contributed by atoms with van der Waals surface area (Å²) in [5.74, 6) is -0.300. The van der Waals surface area contributed by atoms with Crippen molar-refractivity contribution < 1.29 is 14.3 Å². The number of nitrogens with two attached hydrogens (primary N) is 1. The van der Waals surface area contributed by atoms with Gasteiger partial charge in [-0.1, -0.05) is 13.8 Å². The highest BCUT2D eigenvalue weighted by Crippen LogP contribution is 2.43. The van der Waals surface area contributed by atoms with Gasteiger partial charge in [-0.3, -0.25) is 14.5 Å². The van der Waals surface area contributed by atoms with E-state index in [-0.39, 0.29) is 41.8 Å². The van der Waals surface area contributed by atoms with Gasteiger partial charge in [-0.05, 0) is 6.42 Å². The molecular weight excluding hydrogens is 220 g/mol. The summed E-state index contributed by atoms with van der Waals surface area (Å²) in [6.45, 7) is 4.31. The normalized spacial score (nSPS) is 49.5. The van der Waals surface area contributed by atoms with E-state index in [2.05, 4.69) is 0 Å². The van der Waals surface area contributed by atoms with Gasteiger partial charge in [0.2, 0.25) is 11.8 Å². The molecule has 5 heteroatoms.